The summed E-state index contributed by atoms with van der Waals surface area (Å²) >= 11 is 5.77. The van der Waals surface area contributed by atoms with Crippen molar-refractivity contribution in [3.05, 3.63) is 65.4 Å². The number of anilines is 2. The molecule has 3 aromatic rings. The van der Waals surface area contributed by atoms with Crippen LogP contribution in [0.2, 0.25) is 5.02 Å². The summed E-state index contributed by atoms with van der Waals surface area (Å²) < 4.78 is 46.3. The van der Waals surface area contributed by atoms with E-state index >= 15 is 0 Å². The average Bonchev–Trinajstić information content (AvgIpc) is 3.06. The van der Waals surface area contributed by atoms with Crippen LogP contribution in [0.15, 0.2) is 54.7 Å². The first-order valence-electron chi connectivity index (χ1n) is 8.32. The molecule has 1 aromatic heterocycles. The Morgan fingerprint density at radius 3 is 2.28 bits per heavy atom. The van der Waals surface area contributed by atoms with Gasteiger partial charge in [-0.3, -0.25) is 5.32 Å². The number of nitrogens with zero attached hydrogens (tertiary/aromatic N) is 3. The van der Waals surface area contributed by atoms with E-state index in [9.17, 15) is 18.0 Å². The molecule has 0 aliphatic rings. The second-order valence-corrected chi connectivity index (χ2v) is 6.64. The molecule has 0 aliphatic heterocycles. The first kappa shape index (κ1) is 20.5. The Kier molecular flexibility index (Phi) is 5.69. The summed E-state index contributed by atoms with van der Waals surface area (Å²) in [6, 6.07) is 12.3. The molecule has 2 aromatic carbocycles. The normalized spacial score (nSPS) is 11.2. The number of nitrogens with one attached hydrogen (secondary N) is 1. The van der Waals surface area contributed by atoms with Gasteiger partial charge in [-0.15, -0.1) is 0 Å². The molecule has 29 heavy (non-hydrogen) atoms. The van der Waals surface area contributed by atoms with Gasteiger partial charge >= 0.3 is 12.3 Å². The molecule has 0 bridgehead atoms. The quantitative estimate of drug-likeness (QED) is 0.623. The number of aromatic nitrogens is 2. The van der Waals surface area contributed by atoms with E-state index in [0.29, 0.717) is 15.4 Å². The van der Waals surface area contributed by atoms with E-state index < -0.39 is 23.7 Å². The first-order chi connectivity index (χ1) is 13.6. The number of rotatable bonds is 4. The zero-order valence-corrected chi connectivity index (χ0v) is 16.1. The van der Waals surface area contributed by atoms with E-state index in [2.05, 4.69) is 10.4 Å². The zero-order chi connectivity index (χ0) is 21.2. The van der Waals surface area contributed by atoms with Crippen molar-refractivity contribution in [2.75, 3.05) is 24.3 Å². The molecule has 10 heteroatoms. The van der Waals surface area contributed by atoms with E-state index in [1.54, 1.807) is 24.3 Å². The first-order valence-corrected chi connectivity index (χ1v) is 8.70. The third-order valence-corrected chi connectivity index (χ3v) is 4.16. The van der Waals surface area contributed by atoms with Crippen molar-refractivity contribution in [3.63, 3.8) is 0 Å². The second-order valence-electron chi connectivity index (χ2n) is 6.20. The van der Waals surface area contributed by atoms with Crippen LogP contribution in [0, 0.1) is 0 Å². The minimum atomic E-state index is -4.81. The van der Waals surface area contributed by atoms with Crippen molar-refractivity contribution in [2.24, 2.45) is 0 Å². The van der Waals surface area contributed by atoms with Crippen LogP contribution in [0.4, 0.5) is 29.3 Å². The van der Waals surface area contributed by atoms with Crippen LogP contribution in [0.25, 0.3) is 5.69 Å². The van der Waals surface area contributed by atoms with Crippen LogP contribution in [0.1, 0.15) is 5.69 Å². The smallest absolute Gasteiger partial charge is 0.406 e. The summed E-state index contributed by atoms with van der Waals surface area (Å²) in [5.74, 6) is -0.713. The van der Waals surface area contributed by atoms with Crippen molar-refractivity contribution < 1.29 is 22.7 Å². The average molecular weight is 425 g/mol. The number of ether oxygens (including phenoxy) is 1. The van der Waals surface area contributed by atoms with Gasteiger partial charge in [-0.1, -0.05) is 11.6 Å². The molecule has 0 unspecified atom stereocenters. The molecule has 0 saturated carbocycles. The summed E-state index contributed by atoms with van der Waals surface area (Å²) in [6.07, 6.45) is -5.03. The van der Waals surface area contributed by atoms with Gasteiger partial charge in [0.1, 0.15) is 0 Å². The number of benzene rings is 2. The summed E-state index contributed by atoms with van der Waals surface area (Å²) in [5.41, 5.74) is 0.181. The van der Waals surface area contributed by atoms with E-state index in [-0.39, 0.29) is 5.69 Å². The Balaban J connectivity index is 1.83. The minimum absolute atomic E-state index is 0.122. The highest BCUT2D eigenvalue weighted by Gasteiger charge is 2.40. The lowest BCUT2D eigenvalue weighted by atomic mass is 10.2. The Hall–Kier alpha value is -3.20. The molecule has 1 N–H and O–H groups in total. The van der Waals surface area contributed by atoms with Crippen LogP contribution in [-0.2, 0) is 6.18 Å². The lowest BCUT2D eigenvalue weighted by Gasteiger charge is -2.14. The Morgan fingerprint density at radius 1 is 1.10 bits per heavy atom. The second kappa shape index (κ2) is 8.04. The Bertz CT molecular complexity index is 1000. The predicted octanol–water partition coefficient (Wildman–Crippen LogP) is 5.22. The number of halogens is 4. The molecule has 0 saturated heterocycles. The van der Waals surface area contributed by atoms with E-state index in [1.165, 1.54) is 24.3 Å². The highest BCUT2D eigenvalue weighted by atomic mass is 35.5. The molecule has 0 radical (unpaired) electrons. The molecular weight excluding hydrogens is 409 g/mol. The van der Waals surface area contributed by atoms with E-state index in [1.807, 2.05) is 19.0 Å². The largest absolute Gasteiger partial charge is 0.437 e. The van der Waals surface area contributed by atoms with Crippen LogP contribution in [-0.4, -0.2) is 30.0 Å². The van der Waals surface area contributed by atoms with Crippen LogP contribution < -0.4 is 15.0 Å². The minimum Gasteiger partial charge on any atom is -0.406 e. The molecule has 0 spiro atoms. The molecule has 1 amide bonds. The van der Waals surface area contributed by atoms with Gasteiger partial charge < -0.3 is 9.64 Å². The molecule has 3 rings (SSSR count). The van der Waals surface area contributed by atoms with Crippen molar-refractivity contribution in [2.45, 2.75) is 6.18 Å². The van der Waals surface area contributed by atoms with Crippen molar-refractivity contribution in [1.82, 2.24) is 9.78 Å². The van der Waals surface area contributed by atoms with Gasteiger partial charge in [0.05, 0.1) is 11.9 Å². The van der Waals surface area contributed by atoms with Gasteiger partial charge in [0.25, 0.3) is 0 Å². The van der Waals surface area contributed by atoms with Gasteiger partial charge in [-0.2, -0.15) is 18.3 Å². The number of alkyl halides is 3. The standard InChI is InChI=1S/C19H16ClF3N4O2/c1-26(2)14-9-5-13(6-10-14)25-18(28)29-16-11-24-27(17(16)19(21,22)23)15-7-3-12(20)4-8-15/h3-11H,1-2H3,(H,25,28). The van der Waals surface area contributed by atoms with E-state index in [0.717, 1.165) is 11.9 Å². The topological polar surface area (TPSA) is 59.4 Å². The SMILES string of the molecule is CN(C)c1ccc(NC(=O)Oc2cnn(-c3ccc(Cl)cc3)c2C(F)(F)F)cc1. The number of hydrogen-bond donors (Lipinski definition) is 1. The molecule has 0 aliphatic carbocycles. The molecule has 6 nitrogen and oxygen atoms in total. The van der Waals surface area contributed by atoms with Gasteiger partial charge in [0.2, 0.25) is 0 Å². The maximum absolute atomic E-state index is 13.6. The van der Waals surface area contributed by atoms with Gasteiger partial charge in [-0.05, 0) is 48.5 Å². The Morgan fingerprint density at radius 2 is 1.72 bits per heavy atom. The molecule has 152 valence electrons. The highest BCUT2D eigenvalue weighted by Crippen LogP contribution is 2.37. The third kappa shape index (κ3) is 4.80. The number of hydrogen-bond acceptors (Lipinski definition) is 4. The predicted molar refractivity (Wildman–Crippen MR) is 104 cm³/mol. The number of carbonyl (C=O) groups is 1. The van der Waals surface area contributed by atoms with Crippen molar-refractivity contribution in [1.29, 1.82) is 0 Å². The van der Waals surface area contributed by atoms with Crippen LogP contribution >= 0.6 is 11.6 Å². The fourth-order valence-electron chi connectivity index (χ4n) is 2.53. The maximum Gasteiger partial charge on any atom is 0.437 e. The maximum atomic E-state index is 13.6. The van der Waals surface area contributed by atoms with Gasteiger partial charge in [0.15, 0.2) is 11.4 Å². The molecule has 0 fully saturated rings. The van der Waals surface area contributed by atoms with Crippen molar-refractivity contribution in [3.8, 4) is 11.4 Å². The fraction of sp³-hybridized carbons (Fsp3) is 0.158. The third-order valence-electron chi connectivity index (χ3n) is 3.91. The van der Waals surface area contributed by atoms with E-state index in [4.69, 9.17) is 16.3 Å². The number of amides is 1. The van der Waals surface area contributed by atoms with Gasteiger partial charge in [-0.25, -0.2) is 9.48 Å². The van der Waals surface area contributed by atoms with Crippen molar-refractivity contribution >= 4 is 29.1 Å². The number of carbonyl (C=O) groups excluding carboxylic acids is 1. The molecule has 1 heterocycles. The zero-order valence-electron chi connectivity index (χ0n) is 15.4. The Labute approximate surface area is 169 Å². The molecule has 0 atom stereocenters. The fourth-order valence-corrected chi connectivity index (χ4v) is 2.66. The van der Waals surface area contributed by atoms with Crippen LogP contribution in [0.5, 0.6) is 5.75 Å². The monoisotopic (exact) mass is 424 g/mol. The lowest BCUT2D eigenvalue weighted by Crippen LogP contribution is -2.20. The van der Waals surface area contributed by atoms with Gasteiger partial charge in [0, 0.05) is 30.5 Å². The molecular formula is C19H16ClF3N4O2. The highest BCUT2D eigenvalue weighted by molar-refractivity contribution is 6.30. The summed E-state index contributed by atoms with van der Waals surface area (Å²) in [7, 11) is 3.71. The summed E-state index contributed by atoms with van der Waals surface area (Å²) in [5, 5.41) is 6.47. The van der Waals surface area contributed by atoms with Crippen LogP contribution in [0.3, 0.4) is 0 Å². The summed E-state index contributed by atoms with van der Waals surface area (Å²) in [6.45, 7) is 0. The lowest BCUT2D eigenvalue weighted by molar-refractivity contribution is -0.143. The summed E-state index contributed by atoms with van der Waals surface area (Å²) in [4.78, 5) is 14.0.